The molecule has 3 rings (SSSR count). The summed E-state index contributed by atoms with van der Waals surface area (Å²) >= 11 is 6.04. The fraction of sp³-hybridized carbons (Fsp3) is 0.333. The third-order valence-corrected chi connectivity index (χ3v) is 5.00. The van der Waals surface area contributed by atoms with E-state index in [1.54, 1.807) is 30.3 Å². The lowest BCUT2D eigenvalue weighted by Gasteiger charge is -2.22. The maximum Gasteiger partial charge on any atom is 0.251 e. The molecule has 27 heavy (non-hydrogen) atoms. The summed E-state index contributed by atoms with van der Waals surface area (Å²) in [6.45, 7) is 0.0823. The highest BCUT2D eigenvalue weighted by Crippen LogP contribution is 2.20. The maximum absolute atomic E-state index is 12.4. The number of para-hydroxylation sites is 1. The third kappa shape index (κ3) is 5.73. The lowest BCUT2D eigenvalue weighted by Crippen LogP contribution is -2.36. The molecule has 3 N–H and O–H groups in total. The minimum absolute atomic E-state index is 0.0638. The van der Waals surface area contributed by atoms with E-state index in [1.807, 2.05) is 18.2 Å². The van der Waals surface area contributed by atoms with Crippen molar-refractivity contribution >= 4 is 34.8 Å². The fourth-order valence-corrected chi connectivity index (χ4v) is 3.41. The van der Waals surface area contributed by atoms with Crippen LogP contribution in [0.2, 0.25) is 5.02 Å². The zero-order valence-corrected chi connectivity index (χ0v) is 15.9. The van der Waals surface area contributed by atoms with Crippen LogP contribution in [-0.4, -0.2) is 24.4 Å². The standard InChI is InChI=1S/C21H24ClN3O2/c22-18-11-4-5-12-19(18)25-20(26)14-23-17-10-6-7-15(13-17)21(27)24-16-8-2-1-3-9-16/h4-7,10-13,16,23H,1-3,8-9,14H2,(H,24,27)(H,25,26). The van der Waals surface area contributed by atoms with E-state index in [-0.39, 0.29) is 24.4 Å². The first-order valence-corrected chi connectivity index (χ1v) is 9.69. The van der Waals surface area contributed by atoms with E-state index >= 15 is 0 Å². The molecule has 0 heterocycles. The van der Waals surface area contributed by atoms with Crippen molar-refractivity contribution in [3.05, 3.63) is 59.1 Å². The number of benzene rings is 2. The number of anilines is 2. The molecule has 0 saturated heterocycles. The average Bonchev–Trinajstić information content (AvgIpc) is 2.69. The minimum atomic E-state index is -0.208. The van der Waals surface area contributed by atoms with Crippen LogP contribution in [0.3, 0.4) is 0 Å². The van der Waals surface area contributed by atoms with Crippen molar-refractivity contribution in [3.8, 4) is 0 Å². The highest BCUT2D eigenvalue weighted by Gasteiger charge is 2.16. The molecule has 0 spiro atoms. The topological polar surface area (TPSA) is 70.2 Å². The Labute approximate surface area is 164 Å². The first-order valence-electron chi connectivity index (χ1n) is 9.31. The summed E-state index contributed by atoms with van der Waals surface area (Å²) in [5.74, 6) is -0.272. The van der Waals surface area contributed by atoms with Crippen LogP contribution >= 0.6 is 11.6 Å². The van der Waals surface area contributed by atoms with E-state index in [2.05, 4.69) is 16.0 Å². The molecule has 1 saturated carbocycles. The summed E-state index contributed by atoms with van der Waals surface area (Å²) in [5.41, 5.74) is 1.89. The smallest absolute Gasteiger partial charge is 0.251 e. The van der Waals surface area contributed by atoms with Crippen molar-refractivity contribution in [2.75, 3.05) is 17.2 Å². The van der Waals surface area contributed by atoms with Gasteiger partial charge in [-0.15, -0.1) is 0 Å². The van der Waals surface area contributed by atoms with Gasteiger partial charge >= 0.3 is 0 Å². The summed E-state index contributed by atoms with van der Waals surface area (Å²) in [5, 5.41) is 9.41. The molecule has 0 radical (unpaired) electrons. The Bertz CT molecular complexity index is 804. The van der Waals surface area contributed by atoms with Gasteiger partial charge in [0, 0.05) is 17.3 Å². The summed E-state index contributed by atoms with van der Waals surface area (Å²) in [6, 6.07) is 14.5. The van der Waals surface area contributed by atoms with Gasteiger partial charge in [-0.05, 0) is 43.2 Å². The second kappa shape index (κ2) is 9.42. The van der Waals surface area contributed by atoms with E-state index in [0.29, 0.717) is 16.3 Å². The maximum atomic E-state index is 12.4. The second-order valence-corrected chi connectivity index (χ2v) is 7.18. The molecule has 0 unspecified atom stereocenters. The van der Waals surface area contributed by atoms with Gasteiger partial charge in [-0.2, -0.15) is 0 Å². The Morgan fingerprint density at radius 3 is 2.56 bits per heavy atom. The molecule has 0 aromatic heterocycles. The largest absolute Gasteiger partial charge is 0.376 e. The van der Waals surface area contributed by atoms with Crippen molar-refractivity contribution in [2.24, 2.45) is 0 Å². The SMILES string of the molecule is O=C(CNc1cccc(C(=O)NC2CCCCC2)c1)Nc1ccccc1Cl. The summed E-state index contributed by atoms with van der Waals surface area (Å²) < 4.78 is 0. The first-order chi connectivity index (χ1) is 13.1. The number of nitrogens with one attached hydrogen (secondary N) is 3. The summed E-state index contributed by atoms with van der Waals surface area (Å²) in [7, 11) is 0. The second-order valence-electron chi connectivity index (χ2n) is 6.77. The van der Waals surface area contributed by atoms with E-state index in [1.165, 1.54) is 19.3 Å². The van der Waals surface area contributed by atoms with Crippen LogP contribution in [0.4, 0.5) is 11.4 Å². The number of amides is 2. The molecule has 0 bridgehead atoms. The molecule has 2 aromatic rings. The molecule has 5 nitrogen and oxygen atoms in total. The van der Waals surface area contributed by atoms with E-state index in [0.717, 1.165) is 18.5 Å². The Hall–Kier alpha value is -2.53. The van der Waals surface area contributed by atoms with Crippen LogP contribution < -0.4 is 16.0 Å². The molecule has 1 aliphatic rings. The van der Waals surface area contributed by atoms with Crippen LogP contribution in [0.1, 0.15) is 42.5 Å². The minimum Gasteiger partial charge on any atom is -0.376 e. The highest BCUT2D eigenvalue weighted by molar-refractivity contribution is 6.33. The van der Waals surface area contributed by atoms with Gasteiger partial charge in [-0.3, -0.25) is 9.59 Å². The van der Waals surface area contributed by atoms with Gasteiger partial charge in [0.25, 0.3) is 5.91 Å². The lowest BCUT2D eigenvalue weighted by atomic mass is 9.95. The molecule has 6 heteroatoms. The van der Waals surface area contributed by atoms with E-state index in [4.69, 9.17) is 11.6 Å². The van der Waals surface area contributed by atoms with Gasteiger partial charge in [0.15, 0.2) is 0 Å². The molecule has 0 aliphatic heterocycles. The molecule has 2 aromatic carbocycles. The third-order valence-electron chi connectivity index (χ3n) is 4.67. The predicted molar refractivity (Wildman–Crippen MR) is 109 cm³/mol. The van der Waals surface area contributed by atoms with Crippen molar-refractivity contribution in [1.82, 2.24) is 5.32 Å². The van der Waals surface area contributed by atoms with Crippen LogP contribution in [-0.2, 0) is 4.79 Å². The Balaban J connectivity index is 1.53. The zero-order valence-electron chi connectivity index (χ0n) is 15.1. The van der Waals surface area contributed by atoms with Crippen molar-refractivity contribution in [1.29, 1.82) is 0 Å². The number of hydrogen-bond acceptors (Lipinski definition) is 3. The molecular weight excluding hydrogens is 362 g/mol. The van der Waals surface area contributed by atoms with Gasteiger partial charge in [0.05, 0.1) is 17.3 Å². The highest BCUT2D eigenvalue weighted by atomic mass is 35.5. The van der Waals surface area contributed by atoms with Gasteiger partial charge in [-0.1, -0.05) is 49.1 Å². The van der Waals surface area contributed by atoms with Gasteiger partial charge in [0.2, 0.25) is 5.91 Å². The van der Waals surface area contributed by atoms with Crippen molar-refractivity contribution in [2.45, 2.75) is 38.1 Å². The number of rotatable bonds is 6. The van der Waals surface area contributed by atoms with Gasteiger partial charge < -0.3 is 16.0 Å². The number of halogens is 1. The fourth-order valence-electron chi connectivity index (χ4n) is 3.23. The Kier molecular flexibility index (Phi) is 6.71. The van der Waals surface area contributed by atoms with Gasteiger partial charge in [-0.25, -0.2) is 0 Å². The number of carbonyl (C=O) groups is 2. The van der Waals surface area contributed by atoms with Gasteiger partial charge in [0.1, 0.15) is 0 Å². The van der Waals surface area contributed by atoms with Crippen LogP contribution in [0, 0.1) is 0 Å². The monoisotopic (exact) mass is 385 g/mol. The molecule has 1 aliphatic carbocycles. The van der Waals surface area contributed by atoms with E-state index in [9.17, 15) is 9.59 Å². The first kappa shape index (κ1) is 19.2. The summed E-state index contributed by atoms with van der Waals surface area (Å²) in [6.07, 6.45) is 5.69. The molecule has 142 valence electrons. The molecule has 2 amide bonds. The summed E-state index contributed by atoms with van der Waals surface area (Å²) in [4.78, 5) is 24.6. The molecular formula is C21H24ClN3O2. The Morgan fingerprint density at radius 2 is 1.78 bits per heavy atom. The van der Waals surface area contributed by atoms with Crippen molar-refractivity contribution in [3.63, 3.8) is 0 Å². The lowest BCUT2D eigenvalue weighted by molar-refractivity contribution is -0.114. The Morgan fingerprint density at radius 1 is 1.00 bits per heavy atom. The van der Waals surface area contributed by atoms with Crippen molar-refractivity contribution < 1.29 is 9.59 Å². The van der Waals surface area contributed by atoms with Crippen LogP contribution in [0.5, 0.6) is 0 Å². The molecule has 0 atom stereocenters. The average molecular weight is 386 g/mol. The zero-order chi connectivity index (χ0) is 19.1. The number of carbonyl (C=O) groups excluding carboxylic acids is 2. The van der Waals surface area contributed by atoms with E-state index < -0.39 is 0 Å². The number of hydrogen-bond donors (Lipinski definition) is 3. The molecule has 1 fully saturated rings. The predicted octanol–water partition coefficient (Wildman–Crippen LogP) is 4.45. The van der Waals surface area contributed by atoms with Crippen LogP contribution in [0.15, 0.2) is 48.5 Å². The normalized spacial score (nSPS) is 14.4. The quantitative estimate of drug-likeness (QED) is 0.687. The van der Waals surface area contributed by atoms with Crippen LogP contribution in [0.25, 0.3) is 0 Å².